The number of hydrogen-bond acceptors (Lipinski definition) is 1. The predicted octanol–water partition coefficient (Wildman–Crippen LogP) is 3.91. The van der Waals surface area contributed by atoms with Gasteiger partial charge in [-0.15, -0.1) is 0 Å². The molecule has 0 aliphatic rings. The Bertz CT molecular complexity index is 343. The van der Waals surface area contributed by atoms with Gasteiger partial charge in [-0.2, -0.15) is 0 Å². The van der Waals surface area contributed by atoms with Gasteiger partial charge in [0.25, 0.3) is 0 Å². The number of halogens is 2. The topological polar surface area (TPSA) is 12.0 Å². The van der Waals surface area contributed by atoms with Gasteiger partial charge in [-0.3, -0.25) is 0 Å². The minimum atomic E-state index is -0.469. The summed E-state index contributed by atoms with van der Waals surface area (Å²) >= 11 is 0. The van der Waals surface area contributed by atoms with Gasteiger partial charge in [-0.25, -0.2) is 8.78 Å². The van der Waals surface area contributed by atoms with Crippen molar-refractivity contribution in [3.05, 3.63) is 35.4 Å². The van der Waals surface area contributed by atoms with Crippen LogP contribution in [0.25, 0.3) is 0 Å². The smallest absolute Gasteiger partial charge is 0.130 e. The van der Waals surface area contributed by atoms with Crippen molar-refractivity contribution in [2.45, 2.75) is 33.7 Å². The van der Waals surface area contributed by atoms with Gasteiger partial charge in [0, 0.05) is 11.6 Å². The van der Waals surface area contributed by atoms with Crippen LogP contribution in [0.5, 0.6) is 0 Å². The van der Waals surface area contributed by atoms with Crippen LogP contribution in [0.3, 0.4) is 0 Å². The lowest BCUT2D eigenvalue weighted by molar-refractivity contribution is 0.293. The van der Waals surface area contributed by atoms with Crippen molar-refractivity contribution in [3.8, 4) is 0 Å². The first-order valence-corrected chi connectivity index (χ1v) is 6.16. The second-order valence-corrected chi connectivity index (χ2v) is 4.77. The van der Waals surface area contributed by atoms with Crippen LogP contribution in [0.15, 0.2) is 18.2 Å². The van der Waals surface area contributed by atoms with E-state index >= 15 is 0 Å². The summed E-state index contributed by atoms with van der Waals surface area (Å²) in [5, 5.41) is 3.18. The summed E-state index contributed by atoms with van der Waals surface area (Å²) in [4.78, 5) is 0. The molecule has 0 bridgehead atoms. The molecule has 0 saturated heterocycles. The molecular formula is C14H21F2N. The normalized spacial score (nSPS) is 15.0. The van der Waals surface area contributed by atoms with Gasteiger partial charge in [0.1, 0.15) is 11.6 Å². The Hall–Kier alpha value is -0.960. The highest BCUT2D eigenvalue weighted by Gasteiger charge is 2.26. The summed E-state index contributed by atoms with van der Waals surface area (Å²) in [5.74, 6) is -0.411. The van der Waals surface area contributed by atoms with E-state index in [9.17, 15) is 8.78 Å². The Morgan fingerprint density at radius 1 is 1.12 bits per heavy atom. The summed E-state index contributed by atoms with van der Waals surface area (Å²) in [7, 11) is 0. The zero-order valence-corrected chi connectivity index (χ0v) is 10.9. The van der Waals surface area contributed by atoms with Crippen LogP contribution in [0.4, 0.5) is 8.78 Å². The molecule has 0 aliphatic carbocycles. The van der Waals surface area contributed by atoms with Gasteiger partial charge < -0.3 is 5.32 Å². The third-order valence-corrected chi connectivity index (χ3v) is 3.31. The van der Waals surface area contributed by atoms with Crippen molar-refractivity contribution >= 4 is 0 Å². The molecule has 17 heavy (non-hydrogen) atoms. The minimum Gasteiger partial charge on any atom is -0.310 e. The lowest BCUT2D eigenvalue weighted by Gasteiger charge is -2.28. The predicted molar refractivity (Wildman–Crippen MR) is 66.8 cm³/mol. The minimum absolute atomic E-state index is 0.163. The van der Waals surface area contributed by atoms with Gasteiger partial charge in [0.05, 0.1) is 0 Å². The average Bonchev–Trinajstić information content (AvgIpc) is 2.26. The fraction of sp³-hybridized carbons (Fsp3) is 0.571. The molecule has 0 amide bonds. The number of hydrogen-bond donors (Lipinski definition) is 1. The van der Waals surface area contributed by atoms with Gasteiger partial charge in [-0.05, 0) is 30.5 Å². The maximum Gasteiger partial charge on any atom is 0.130 e. The summed E-state index contributed by atoms with van der Waals surface area (Å²) in [5.41, 5.74) is 0.163. The molecule has 0 fully saturated rings. The zero-order valence-electron chi connectivity index (χ0n) is 10.9. The Morgan fingerprint density at radius 3 is 2.06 bits per heavy atom. The molecule has 1 nitrogen and oxygen atoms in total. The molecule has 1 N–H and O–H groups in total. The van der Waals surface area contributed by atoms with Crippen LogP contribution in [0.1, 0.15) is 39.3 Å². The van der Waals surface area contributed by atoms with Gasteiger partial charge >= 0.3 is 0 Å². The van der Waals surface area contributed by atoms with Crippen molar-refractivity contribution < 1.29 is 8.78 Å². The van der Waals surface area contributed by atoms with Crippen molar-refractivity contribution in [3.63, 3.8) is 0 Å². The molecule has 2 atom stereocenters. The lowest BCUT2D eigenvalue weighted by atomic mass is 9.85. The standard InChI is InChI=1S/C14H21F2N/c1-5-17-14(10(4)9(2)3)13-11(15)7-6-8-12(13)16/h6-10,14,17H,5H2,1-4H3. The highest BCUT2D eigenvalue weighted by Crippen LogP contribution is 2.31. The Morgan fingerprint density at radius 2 is 1.65 bits per heavy atom. The molecule has 0 aromatic heterocycles. The molecule has 0 aliphatic heterocycles. The first-order chi connectivity index (χ1) is 7.99. The fourth-order valence-corrected chi connectivity index (χ4v) is 1.96. The lowest BCUT2D eigenvalue weighted by Crippen LogP contribution is -2.31. The highest BCUT2D eigenvalue weighted by atomic mass is 19.1. The second-order valence-electron chi connectivity index (χ2n) is 4.77. The van der Waals surface area contributed by atoms with Crippen LogP contribution in [-0.2, 0) is 0 Å². The van der Waals surface area contributed by atoms with E-state index in [0.29, 0.717) is 12.5 Å². The molecule has 0 saturated carbocycles. The number of rotatable bonds is 5. The quantitative estimate of drug-likeness (QED) is 0.824. The van der Waals surface area contributed by atoms with Crippen molar-refractivity contribution in [2.75, 3.05) is 6.54 Å². The van der Waals surface area contributed by atoms with E-state index in [-0.39, 0.29) is 17.5 Å². The maximum absolute atomic E-state index is 13.8. The number of benzene rings is 1. The molecule has 3 heteroatoms. The van der Waals surface area contributed by atoms with Crippen molar-refractivity contribution in [2.24, 2.45) is 11.8 Å². The van der Waals surface area contributed by atoms with Crippen molar-refractivity contribution in [1.29, 1.82) is 0 Å². The first kappa shape index (κ1) is 14.1. The Kier molecular flexibility index (Phi) is 5.06. The summed E-state index contributed by atoms with van der Waals surface area (Å²) in [6, 6.07) is 3.75. The van der Waals surface area contributed by atoms with Crippen LogP contribution in [-0.4, -0.2) is 6.54 Å². The monoisotopic (exact) mass is 241 g/mol. The second kappa shape index (κ2) is 6.10. The molecule has 1 aromatic rings. The summed E-state index contributed by atoms with van der Waals surface area (Å²) < 4.78 is 27.5. The summed E-state index contributed by atoms with van der Waals surface area (Å²) in [6.07, 6.45) is 0. The van der Waals surface area contributed by atoms with Gasteiger partial charge in [0.15, 0.2) is 0 Å². The molecule has 1 aromatic carbocycles. The molecule has 2 unspecified atom stereocenters. The van der Waals surface area contributed by atoms with Crippen LogP contribution < -0.4 is 5.32 Å². The van der Waals surface area contributed by atoms with E-state index in [0.717, 1.165) is 0 Å². The number of nitrogens with one attached hydrogen (secondary N) is 1. The highest BCUT2D eigenvalue weighted by molar-refractivity contribution is 5.24. The SMILES string of the molecule is CCNC(c1c(F)cccc1F)C(C)C(C)C. The molecule has 0 spiro atoms. The van der Waals surface area contributed by atoms with E-state index in [1.807, 2.05) is 13.8 Å². The van der Waals surface area contributed by atoms with Crippen LogP contribution >= 0.6 is 0 Å². The molecule has 0 heterocycles. The third-order valence-electron chi connectivity index (χ3n) is 3.31. The molecular weight excluding hydrogens is 220 g/mol. The molecule has 0 radical (unpaired) electrons. The van der Waals surface area contributed by atoms with E-state index in [1.165, 1.54) is 18.2 Å². The maximum atomic E-state index is 13.8. The Labute approximate surface area is 102 Å². The van der Waals surface area contributed by atoms with E-state index in [1.54, 1.807) is 0 Å². The zero-order chi connectivity index (χ0) is 13.0. The summed E-state index contributed by atoms with van der Waals surface area (Å²) in [6.45, 7) is 8.78. The Balaban J connectivity index is 3.13. The largest absolute Gasteiger partial charge is 0.310 e. The molecule has 96 valence electrons. The average molecular weight is 241 g/mol. The van der Waals surface area contributed by atoms with Gasteiger partial charge in [0.2, 0.25) is 0 Å². The van der Waals surface area contributed by atoms with E-state index in [4.69, 9.17) is 0 Å². The van der Waals surface area contributed by atoms with Gasteiger partial charge in [-0.1, -0.05) is 33.8 Å². The van der Waals surface area contributed by atoms with E-state index in [2.05, 4.69) is 19.2 Å². The first-order valence-electron chi connectivity index (χ1n) is 6.16. The molecule has 1 rings (SSSR count). The van der Waals surface area contributed by atoms with E-state index < -0.39 is 11.6 Å². The van der Waals surface area contributed by atoms with Crippen molar-refractivity contribution in [1.82, 2.24) is 5.32 Å². The fourth-order valence-electron chi connectivity index (χ4n) is 1.96. The third kappa shape index (κ3) is 3.25. The van der Waals surface area contributed by atoms with Crippen LogP contribution in [0.2, 0.25) is 0 Å². The van der Waals surface area contributed by atoms with Crippen LogP contribution in [0, 0.1) is 23.5 Å².